The predicted molar refractivity (Wildman–Crippen MR) is 137 cm³/mol. The van der Waals surface area contributed by atoms with Crippen molar-refractivity contribution in [3.05, 3.63) is 90.0 Å². The molecule has 1 fully saturated rings. The summed E-state index contributed by atoms with van der Waals surface area (Å²) in [6, 6.07) is 13.8. The number of ether oxygens (including phenoxy) is 1. The highest BCUT2D eigenvalue weighted by Gasteiger charge is 2.47. The normalized spacial score (nSPS) is 15.1. The molecule has 2 aliphatic rings. The lowest BCUT2D eigenvalue weighted by atomic mass is 9.94. The number of aromatic amines is 1. The minimum atomic E-state index is -0.395. The minimum Gasteiger partial charge on any atom is -0.497 e. The first kappa shape index (κ1) is 22.7. The second-order valence-electron chi connectivity index (χ2n) is 9.12. The van der Waals surface area contributed by atoms with Gasteiger partial charge in [0, 0.05) is 42.5 Å². The van der Waals surface area contributed by atoms with Gasteiger partial charge in [0.15, 0.2) is 0 Å². The van der Waals surface area contributed by atoms with Crippen molar-refractivity contribution < 1.29 is 9.53 Å². The summed E-state index contributed by atoms with van der Waals surface area (Å²) in [5, 5.41) is 11.3. The molecule has 7 heteroatoms. The minimum absolute atomic E-state index is 0.0883. The van der Waals surface area contributed by atoms with E-state index in [1.165, 1.54) is 0 Å². The highest BCUT2D eigenvalue weighted by Crippen LogP contribution is 2.49. The fraction of sp³-hybridized carbons (Fsp3) is 0.250. The van der Waals surface area contributed by atoms with Gasteiger partial charge in [-0.1, -0.05) is 12.1 Å². The average molecular weight is 468 g/mol. The van der Waals surface area contributed by atoms with E-state index in [1.807, 2.05) is 31.3 Å². The van der Waals surface area contributed by atoms with Crippen LogP contribution in [0.2, 0.25) is 0 Å². The van der Waals surface area contributed by atoms with E-state index >= 15 is 0 Å². The summed E-state index contributed by atoms with van der Waals surface area (Å²) < 4.78 is 5.31. The number of methoxy groups -OCH3 is 1. The van der Waals surface area contributed by atoms with Crippen LogP contribution in [0.5, 0.6) is 5.75 Å². The van der Waals surface area contributed by atoms with Gasteiger partial charge in [-0.05, 0) is 79.1 Å². The largest absolute Gasteiger partial charge is 0.497 e. The van der Waals surface area contributed by atoms with Crippen LogP contribution in [-0.2, 0) is 5.54 Å². The molecule has 2 aromatic carbocycles. The van der Waals surface area contributed by atoms with Crippen molar-refractivity contribution in [2.45, 2.75) is 25.3 Å². The number of hydrogen-bond donors (Lipinski definition) is 2. The van der Waals surface area contributed by atoms with Gasteiger partial charge in [0.25, 0.3) is 5.91 Å². The maximum atomic E-state index is 13.2. The lowest BCUT2D eigenvalue weighted by Crippen LogP contribution is -2.35. The SMILES string of the molecule is CN1C=CC1.COc1ccc(C)c(C(=O)NC2(c3cc(-c4cn[nH]c4)cc4ncccc34)CC2)c1. The van der Waals surface area contributed by atoms with Gasteiger partial charge in [0.2, 0.25) is 0 Å². The van der Waals surface area contributed by atoms with E-state index in [1.54, 1.807) is 25.6 Å². The zero-order chi connectivity index (χ0) is 24.4. The second-order valence-corrected chi connectivity index (χ2v) is 9.12. The summed E-state index contributed by atoms with van der Waals surface area (Å²) in [5.41, 5.74) is 5.19. The van der Waals surface area contributed by atoms with Gasteiger partial charge in [-0.3, -0.25) is 14.9 Å². The Balaban J connectivity index is 0.000000453. The Labute approximate surface area is 204 Å². The monoisotopic (exact) mass is 467 g/mol. The number of hydrogen-bond acceptors (Lipinski definition) is 5. The standard InChI is InChI=1S/C24H22N4O2.C4H7N/c1-15-5-6-18(30-2)12-20(15)23(29)28-24(7-8-24)21-10-16(17-13-26-27-14-17)11-22-19(21)4-3-9-25-22;1-5-3-2-4-5/h3-6,9-14H,7-8H2,1-2H3,(H,26,27)(H,28,29);2-3H,4H2,1H3. The molecule has 6 rings (SSSR count). The summed E-state index contributed by atoms with van der Waals surface area (Å²) in [4.78, 5) is 19.9. The Kier molecular flexibility index (Phi) is 5.99. The first-order chi connectivity index (χ1) is 17.0. The molecule has 0 radical (unpaired) electrons. The number of carbonyl (C=O) groups is 1. The number of carbonyl (C=O) groups excluding carboxylic acids is 1. The van der Waals surface area contributed by atoms with Crippen LogP contribution in [-0.4, -0.2) is 46.7 Å². The molecule has 1 amide bonds. The number of likely N-dealkylation sites (N-methyl/N-ethyl adjacent to an activating group) is 1. The molecule has 4 aromatic rings. The Morgan fingerprint density at radius 2 is 1.97 bits per heavy atom. The van der Waals surface area contributed by atoms with Gasteiger partial charge in [0.05, 0.1) is 24.4 Å². The molecule has 35 heavy (non-hydrogen) atoms. The van der Waals surface area contributed by atoms with Gasteiger partial charge >= 0.3 is 0 Å². The summed E-state index contributed by atoms with van der Waals surface area (Å²) in [6.07, 6.45) is 11.4. The molecule has 178 valence electrons. The number of aromatic nitrogens is 3. The molecule has 1 aliphatic heterocycles. The molecule has 0 saturated heterocycles. The smallest absolute Gasteiger partial charge is 0.252 e. The topological polar surface area (TPSA) is 83.1 Å². The molecule has 1 saturated carbocycles. The van der Waals surface area contributed by atoms with Crippen LogP contribution in [0, 0.1) is 6.92 Å². The lowest BCUT2D eigenvalue weighted by molar-refractivity contribution is 0.0930. The van der Waals surface area contributed by atoms with E-state index in [4.69, 9.17) is 4.74 Å². The van der Waals surface area contributed by atoms with Gasteiger partial charge in [-0.15, -0.1) is 0 Å². The second kappa shape index (κ2) is 9.25. The highest BCUT2D eigenvalue weighted by atomic mass is 16.5. The number of H-pyrrole nitrogens is 1. The number of fused-ring (bicyclic) bond motifs is 1. The van der Waals surface area contributed by atoms with Crippen LogP contribution in [0.1, 0.15) is 34.3 Å². The van der Waals surface area contributed by atoms with Crippen LogP contribution in [0.4, 0.5) is 0 Å². The van der Waals surface area contributed by atoms with Crippen molar-refractivity contribution in [2.75, 3.05) is 20.7 Å². The third-order valence-corrected chi connectivity index (χ3v) is 6.61. The predicted octanol–water partition coefficient (Wildman–Crippen LogP) is 4.81. The molecule has 3 heterocycles. The van der Waals surface area contributed by atoms with Crippen LogP contribution in [0.25, 0.3) is 22.0 Å². The van der Waals surface area contributed by atoms with Crippen molar-refractivity contribution >= 4 is 16.8 Å². The van der Waals surface area contributed by atoms with Gasteiger partial charge < -0.3 is 15.0 Å². The van der Waals surface area contributed by atoms with Crippen molar-refractivity contribution in [1.29, 1.82) is 0 Å². The molecular weight excluding hydrogens is 438 g/mol. The summed E-state index contributed by atoms with van der Waals surface area (Å²) in [6.45, 7) is 3.08. The fourth-order valence-corrected chi connectivity index (χ4v) is 4.31. The number of rotatable bonds is 5. The van der Waals surface area contributed by atoms with Crippen molar-refractivity contribution in [3.63, 3.8) is 0 Å². The average Bonchev–Trinajstić information content (AvgIpc) is 3.42. The Morgan fingerprint density at radius 1 is 1.17 bits per heavy atom. The number of nitrogens with zero attached hydrogens (tertiary/aromatic N) is 3. The van der Waals surface area contributed by atoms with Gasteiger partial charge in [0.1, 0.15) is 5.75 Å². The lowest BCUT2D eigenvalue weighted by Gasteiger charge is -2.22. The van der Waals surface area contributed by atoms with Gasteiger partial charge in [-0.25, -0.2) is 0 Å². The fourth-order valence-electron chi connectivity index (χ4n) is 4.31. The molecular formula is C28H29N5O2. The third-order valence-electron chi connectivity index (χ3n) is 6.61. The zero-order valence-corrected chi connectivity index (χ0v) is 20.2. The molecule has 0 spiro atoms. The summed E-state index contributed by atoms with van der Waals surface area (Å²) in [5.74, 6) is 0.585. The molecule has 7 nitrogen and oxygen atoms in total. The molecule has 0 bridgehead atoms. The van der Waals surface area contributed by atoms with E-state index in [2.05, 4.69) is 62.9 Å². The Morgan fingerprint density at radius 3 is 2.60 bits per heavy atom. The number of benzene rings is 2. The van der Waals surface area contributed by atoms with E-state index in [-0.39, 0.29) is 5.91 Å². The van der Waals surface area contributed by atoms with Crippen LogP contribution >= 0.6 is 0 Å². The van der Waals surface area contributed by atoms with Crippen molar-refractivity contribution in [1.82, 2.24) is 25.4 Å². The third kappa shape index (κ3) is 4.62. The first-order valence-corrected chi connectivity index (χ1v) is 11.7. The number of pyridine rings is 1. The van der Waals surface area contributed by atoms with Gasteiger partial charge in [-0.2, -0.15) is 5.10 Å². The summed E-state index contributed by atoms with van der Waals surface area (Å²) in [7, 11) is 3.66. The maximum Gasteiger partial charge on any atom is 0.252 e. The van der Waals surface area contributed by atoms with Crippen molar-refractivity contribution in [3.8, 4) is 16.9 Å². The maximum absolute atomic E-state index is 13.2. The van der Waals surface area contributed by atoms with E-state index in [0.717, 1.165) is 52.5 Å². The van der Waals surface area contributed by atoms with E-state index in [0.29, 0.717) is 11.3 Å². The summed E-state index contributed by atoms with van der Waals surface area (Å²) >= 11 is 0. The highest BCUT2D eigenvalue weighted by molar-refractivity contribution is 5.98. The number of aryl methyl sites for hydroxylation is 1. The molecule has 2 N–H and O–H groups in total. The van der Waals surface area contributed by atoms with E-state index < -0.39 is 5.54 Å². The Hall–Kier alpha value is -4.13. The number of amides is 1. The first-order valence-electron chi connectivity index (χ1n) is 11.7. The molecule has 0 unspecified atom stereocenters. The number of nitrogens with one attached hydrogen (secondary N) is 2. The van der Waals surface area contributed by atoms with Crippen LogP contribution in [0.3, 0.4) is 0 Å². The molecule has 2 aromatic heterocycles. The van der Waals surface area contributed by atoms with Crippen molar-refractivity contribution in [2.24, 2.45) is 0 Å². The van der Waals surface area contributed by atoms with Crippen LogP contribution < -0.4 is 10.1 Å². The molecule has 1 aliphatic carbocycles. The van der Waals surface area contributed by atoms with E-state index in [9.17, 15) is 4.79 Å². The Bertz CT molecular complexity index is 1390. The van der Waals surface area contributed by atoms with Crippen LogP contribution in [0.15, 0.2) is 73.3 Å². The zero-order valence-electron chi connectivity index (χ0n) is 20.2. The quantitative estimate of drug-likeness (QED) is 0.440. The molecule has 0 atom stereocenters.